The van der Waals surface area contributed by atoms with Gasteiger partial charge in [0.15, 0.2) is 5.82 Å². The smallest absolute Gasteiger partial charge is 0.159 e. The largest absolute Gasteiger partial charge is 0.233 e. The molecule has 0 aliphatic heterocycles. The fourth-order valence-corrected chi connectivity index (χ4v) is 1.82. The quantitative estimate of drug-likeness (QED) is 0.757. The summed E-state index contributed by atoms with van der Waals surface area (Å²) in [5, 5.41) is 0. The molecule has 1 heterocycles. The molecule has 0 atom stereocenters. The number of aromatic nitrogens is 2. The van der Waals surface area contributed by atoms with Crippen LogP contribution in [0.15, 0.2) is 67.8 Å². The normalized spacial score (nSPS) is 11.1. The van der Waals surface area contributed by atoms with Gasteiger partial charge in [-0.2, -0.15) is 0 Å². The summed E-state index contributed by atoms with van der Waals surface area (Å²) < 4.78 is 0. The summed E-state index contributed by atoms with van der Waals surface area (Å²) in [6.45, 7) is 9.45. The van der Waals surface area contributed by atoms with Crippen molar-refractivity contribution in [1.29, 1.82) is 0 Å². The number of nitrogens with zero attached hydrogens (tertiary/aromatic N) is 2. The maximum absolute atomic E-state index is 4.60. The highest BCUT2D eigenvalue weighted by molar-refractivity contribution is 5.72. The van der Waals surface area contributed by atoms with Gasteiger partial charge in [0.25, 0.3) is 0 Å². The van der Waals surface area contributed by atoms with E-state index in [4.69, 9.17) is 0 Å². The van der Waals surface area contributed by atoms with Gasteiger partial charge in [0.1, 0.15) is 0 Å². The van der Waals surface area contributed by atoms with Gasteiger partial charge in [-0.05, 0) is 13.0 Å². The lowest BCUT2D eigenvalue weighted by Crippen LogP contribution is -1.97. The molecule has 19 heavy (non-hydrogen) atoms. The molecule has 0 amide bonds. The van der Waals surface area contributed by atoms with Crippen molar-refractivity contribution >= 4 is 5.57 Å². The summed E-state index contributed by atoms with van der Waals surface area (Å²) in [7, 11) is 0. The Labute approximate surface area is 113 Å². The lowest BCUT2D eigenvalue weighted by atomic mass is 10.1. The van der Waals surface area contributed by atoms with E-state index in [9.17, 15) is 0 Å². The first kappa shape index (κ1) is 13.0. The molecule has 1 aromatic heterocycles. The van der Waals surface area contributed by atoms with Crippen LogP contribution in [-0.4, -0.2) is 9.97 Å². The third-order valence-electron chi connectivity index (χ3n) is 2.70. The fraction of sp³-hybridized carbons (Fsp3) is 0.0588. The van der Waals surface area contributed by atoms with Crippen LogP contribution in [0, 0.1) is 6.92 Å². The average Bonchev–Trinajstić information content (AvgIpc) is 2.45. The van der Waals surface area contributed by atoms with Gasteiger partial charge in [-0.3, -0.25) is 0 Å². The third-order valence-corrected chi connectivity index (χ3v) is 2.70. The molecule has 0 saturated carbocycles. The highest BCUT2D eigenvalue weighted by Crippen LogP contribution is 2.20. The minimum Gasteiger partial charge on any atom is -0.233 e. The lowest BCUT2D eigenvalue weighted by Gasteiger charge is -2.06. The molecule has 1 aromatic carbocycles. The molecule has 0 N–H and O–H groups in total. The zero-order chi connectivity index (χ0) is 13.7. The summed E-state index contributed by atoms with van der Waals surface area (Å²) in [6.07, 6.45) is 5.31. The van der Waals surface area contributed by atoms with Crippen molar-refractivity contribution in [3.8, 4) is 11.3 Å². The third kappa shape index (κ3) is 3.05. The molecule has 2 nitrogen and oxygen atoms in total. The van der Waals surface area contributed by atoms with Crippen molar-refractivity contribution < 1.29 is 0 Å². The van der Waals surface area contributed by atoms with E-state index in [1.807, 2.05) is 49.4 Å². The van der Waals surface area contributed by atoms with Crippen molar-refractivity contribution in [3.63, 3.8) is 0 Å². The summed E-state index contributed by atoms with van der Waals surface area (Å²) in [4.78, 5) is 9.05. The van der Waals surface area contributed by atoms with Crippen LogP contribution >= 0.6 is 0 Å². The number of allylic oxidation sites excluding steroid dienone is 4. The average molecular weight is 248 g/mol. The van der Waals surface area contributed by atoms with Gasteiger partial charge in [0, 0.05) is 16.8 Å². The molecule has 2 heteroatoms. The number of hydrogen-bond acceptors (Lipinski definition) is 2. The summed E-state index contributed by atoms with van der Waals surface area (Å²) in [5.41, 5.74) is 3.80. The van der Waals surface area contributed by atoms with Crippen molar-refractivity contribution in [2.75, 3.05) is 0 Å². The minimum atomic E-state index is 0.675. The Morgan fingerprint density at radius 2 is 1.84 bits per heavy atom. The Morgan fingerprint density at radius 1 is 1.11 bits per heavy atom. The molecule has 0 spiro atoms. The Hall–Kier alpha value is -2.48. The molecular formula is C17H16N2. The van der Waals surface area contributed by atoms with Crippen LogP contribution in [0.2, 0.25) is 0 Å². The Kier molecular flexibility index (Phi) is 4.04. The molecule has 94 valence electrons. The molecule has 0 saturated heterocycles. The van der Waals surface area contributed by atoms with Gasteiger partial charge >= 0.3 is 0 Å². The van der Waals surface area contributed by atoms with E-state index in [-0.39, 0.29) is 0 Å². The summed E-state index contributed by atoms with van der Waals surface area (Å²) in [5.74, 6) is 0.675. The van der Waals surface area contributed by atoms with Crippen molar-refractivity contribution in [1.82, 2.24) is 9.97 Å². The number of aryl methyl sites for hydroxylation is 1. The van der Waals surface area contributed by atoms with E-state index < -0.39 is 0 Å². The van der Waals surface area contributed by atoms with E-state index in [1.54, 1.807) is 12.2 Å². The van der Waals surface area contributed by atoms with Gasteiger partial charge in [-0.25, -0.2) is 9.97 Å². The summed E-state index contributed by atoms with van der Waals surface area (Å²) in [6, 6.07) is 12.0. The number of benzene rings is 1. The maximum atomic E-state index is 4.60. The van der Waals surface area contributed by atoms with Gasteiger partial charge in [-0.15, -0.1) is 0 Å². The molecule has 0 bridgehead atoms. The monoisotopic (exact) mass is 248 g/mol. The molecule has 0 fully saturated rings. The van der Waals surface area contributed by atoms with E-state index in [0.29, 0.717) is 5.82 Å². The Bertz CT molecular complexity index is 625. The van der Waals surface area contributed by atoms with E-state index in [2.05, 4.69) is 23.1 Å². The predicted molar refractivity (Wildman–Crippen MR) is 80.6 cm³/mol. The van der Waals surface area contributed by atoms with Crippen LogP contribution in [0.1, 0.15) is 11.5 Å². The van der Waals surface area contributed by atoms with Crippen LogP contribution in [0.3, 0.4) is 0 Å². The van der Waals surface area contributed by atoms with Crippen LogP contribution < -0.4 is 0 Å². The van der Waals surface area contributed by atoms with Crippen molar-refractivity contribution in [3.05, 3.63) is 79.3 Å². The summed E-state index contributed by atoms with van der Waals surface area (Å²) >= 11 is 0. The van der Waals surface area contributed by atoms with E-state index in [1.165, 1.54) is 0 Å². The number of hydrogen-bond donors (Lipinski definition) is 0. The first-order valence-corrected chi connectivity index (χ1v) is 6.11. The first-order valence-electron chi connectivity index (χ1n) is 6.11. The van der Waals surface area contributed by atoms with Crippen molar-refractivity contribution in [2.45, 2.75) is 6.92 Å². The second kappa shape index (κ2) is 5.91. The molecular weight excluding hydrogens is 232 g/mol. The van der Waals surface area contributed by atoms with Gasteiger partial charge in [0.05, 0.1) is 5.69 Å². The predicted octanol–water partition coefficient (Wildman–Crippen LogP) is 4.21. The minimum absolute atomic E-state index is 0.675. The molecule has 0 aliphatic rings. The second-order valence-corrected chi connectivity index (χ2v) is 4.15. The zero-order valence-electron chi connectivity index (χ0n) is 11.0. The Morgan fingerprint density at radius 3 is 2.47 bits per heavy atom. The van der Waals surface area contributed by atoms with E-state index in [0.717, 1.165) is 22.5 Å². The lowest BCUT2D eigenvalue weighted by molar-refractivity contribution is 1.07. The van der Waals surface area contributed by atoms with Crippen LogP contribution in [0.25, 0.3) is 16.8 Å². The van der Waals surface area contributed by atoms with Crippen LogP contribution in [0.4, 0.5) is 0 Å². The van der Waals surface area contributed by atoms with Crippen LogP contribution in [-0.2, 0) is 0 Å². The van der Waals surface area contributed by atoms with E-state index >= 15 is 0 Å². The van der Waals surface area contributed by atoms with Gasteiger partial charge in [0.2, 0.25) is 0 Å². The highest BCUT2D eigenvalue weighted by atomic mass is 14.9. The SMILES string of the molecule is C=C/C=C(\C=C)c1nc(C)cc(-c2ccccc2)n1. The highest BCUT2D eigenvalue weighted by Gasteiger charge is 2.06. The molecule has 0 aliphatic carbocycles. The standard InChI is InChI=1S/C17H16N2/c1-4-9-14(5-2)17-18-13(3)12-16(19-17)15-10-7-6-8-11-15/h4-12H,1-2H2,3H3/b14-9+. The second-order valence-electron chi connectivity index (χ2n) is 4.15. The fourth-order valence-electron chi connectivity index (χ4n) is 1.82. The molecule has 2 rings (SSSR count). The molecule has 2 aromatic rings. The zero-order valence-corrected chi connectivity index (χ0v) is 11.0. The Balaban J connectivity index is 2.55. The van der Waals surface area contributed by atoms with Gasteiger partial charge < -0.3 is 0 Å². The molecule has 0 unspecified atom stereocenters. The maximum Gasteiger partial charge on any atom is 0.159 e. The van der Waals surface area contributed by atoms with Crippen LogP contribution in [0.5, 0.6) is 0 Å². The molecule has 0 radical (unpaired) electrons. The first-order chi connectivity index (χ1) is 9.24. The van der Waals surface area contributed by atoms with Gasteiger partial charge in [-0.1, -0.05) is 61.7 Å². The number of rotatable bonds is 4. The topological polar surface area (TPSA) is 25.8 Å². The van der Waals surface area contributed by atoms with Crippen molar-refractivity contribution in [2.24, 2.45) is 0 Å².